The summed E-state index contributed by atoms with van der Waals surface area (Å²) < 4.78 is 5.48. The smallest absolute Gasteiger partial charge is 0.129 e. The molecule has 0 radical (unpaired) electrons. The Morgan fingerprint density at radius 1 is 1.21 bits per heavy atom. The molecule has 1 N–H and O–H groups in total. The number of rotatable bonds is 5. The molecule has 0 aromatic heterocycles. The van der Waals surface area contributed by atoms with Crippen LogP contribution in [0.25, 0.3) is 0 Å². The molecule has 144 valence electrons. The Morgan fingerprint density at radius 3 is 2.86 bits per heavy atom. The number of halogens is 1. The fourth-order valence-corrected chi connectivity index (χ4v) is 4.57. The minimum Gasteiger partial charge on any atom is -0.496 e. The topological polar surface area (TPSA) is 57.4 Å². The van der Waals surface area contributed by atoms with Crippen molar-refractivity contribution in [3.8, 4) is 11.8 Å². The van der Waals surface area contributed by atoms with Gasteiger partial charge in [-0.15, -0.1) is 0 Å². The molecule has 1 heterocycles. The minimum atomic E-state index is 0.392. The third-order valence-corrected chi connectivity index (χ3v) is 6.13. The molecule has 28 heavy (non-hydrogen) atoms. The highest BCUT2D eigenvalue weighted by Gasteiger charge is 2.32. The zero-order chi connectivity index (χ0) is 19.5. The van der Waals surface area contributed by atoms with Crippen LogP contribution in [0.3, 0.4) is 0 Å². The van der Waals surface area contributed by atoms with Crippen molar-refractivity contribution in [2.75, 3.05) is 7.11 Å². The van der Waals surface area contributed by atoms with Crippen molar-refractivity contribution in [3.63, 3.8) is 0 Å². The van der Waals surface area contributed by atoms with Gasteiger partial charge in [0.2, 0.25) is 0 Å². The molecule has 0 spiro atoms. The molecule has 0 saturated heterocycles. The van der Waals surface area contributed by atoms with Crippen LogP contribution < -0.4 is 10.1 Å². The molecule has 2 aromatic carbocycles. The average molecular weight is 394 g/mol. The summed E-state index contributed by atoms with van der Waals surface area (Å²) in [4.78, 5) is 4.98. The van der Waals surface area contributed by atoms with Gasteiger partial charge in [-0.25, -0.2) is 0 Å². The molecular formula is C23H24ClN3O. The molecule has 4 nitrogen and oxygen atoms in total. The van der Waals surface area contributed by atoms with Crippen LogP contribution in [0, 0.1) is 11.3 Å². The summed E-state index contributed by atoms with van der Waals surface area (Å²) in [6.45, 7) is 0. The van der Waals surface area contributed by atoms with Crippen LogP contribution in [0.1, 0.15) is 47.9 Å². The van der Waals surface area contributed by atoms with Crippen LogP contribution in [-0.4, -0.2) is 25.0 Å². The Hall–Kier alpha value is -2.51. The van der Waals surface area contributed by atoms with Gasteiger partial charge in [-0.3, -0.25) is 4.99 Å². The zero-order valence-electron chi connectivity index (χ0n) is 16.0. The van der Waals surface area contributed by atoms with Gasteiger partial charge in [0.05, 0.1) is 24.8 Å². The van der Waals surface area contributed by atoms with E-state index in [0.717, 1.165) is 52.6 Å². The van der Waals surface area contributed by atoms with Crippen LogP contribution in [0.4, 0.5) is 0 Å². The second-order valence-electron chi connectivity index (χ2n) is 7.48. The van der Waals surface area contributed by atoms with Gasteiger partial charge in [0.1, 0.15) is 11.6 Å². The van der Waals surface area contributed by atoms with Crippen LogP contribution in [0.2, 0.25) is 5.02 Å². The lowest BCUT2D eigenvalue weighted by atomic mass is 9.92. The normalized spacial score (nSPS) is 20.7. The van der Waals surface area contributed by atoms with Gasteiger partial charge in [0.15, 0.2) is 0 Å². The van der Waals surface area contributed by atoms with Crippen molar-refractivity contribution in [2.24, 2.45) is 4.99 Å². The zero-order valence-corrected chi connectivity index (χ0v) is 16.8. The standard InChI is InChI=1S/C23H24ClN3O/c1-28-22-12-9-15(14-25)13-16(22)10-11-17-18(5-4-6-19(17)24)23-26-20-7-2-3-8-21(20)27-23/h4-6,9,12-13,20-21H,2-3,7-8,10-11H2,1H3,(H,26,27). The van der Waals surface area contributed by atoms with E-state index < -0.39 is 0 Å². The van der Waals surface area contributed by atoms with Crippen molar-refractivity contribution < 1.29 is 4.74 Å². The first-order valence-electron chi connectivity index (χ1n) is 9.88. The Balaban J connectivity index is 1.60. The van der Waals surface area contributed by atoms with Crippen LogP contribution in [0.5, 0.6) is 5.75 Å². The first kappa shape index (κ1) is 18.8. The lowest BCUT2D eigenvalue weighted by Gasteiger charge is -2.23. The van der Waals surface area contributed by atoms with Gasteiger partial charge in [0, 0.05) is 16.6 Å². The third-order valence-electron chi connectivity index (χ3n) is 5.77. The van der Waals surface area contributed by atoms with Crippen LogP contribution in [-0.2, 0) is 12.8 Å². The molecule has 1 saturated carbocycles. The number of hydrogen-bond acceptors (Lipinski definition) is 4. The quantitative estimate of drug-likeness (QED) is 0.803. The predicted octanol–water partition coefficient (Wildman–Crippen LogP) is 4.67. The van der Waals surface area contributed by atoms with Crippen LogP contribution >= 0.6 is 11.6 Å². The number of nitrogens with one attached hydrogen (secondary N) is 1. The number of aliphatic imine (C=N–C) groups is 1. The van der Waals surface area contributed by atoms with Crippen molar-refractivity contribution >= 4 is 17.4 Å². The second-order valence-corrected chi connectivity index (χ2v) is 7.89. The largest absolute Gasteiger partial charge is 0.496 e. The minimum absolute atomic E-state index is 0.392. The molecule has 2 unspecified atom stereocenters. The van der Waals surface area contributed by atoms with E-state index in [1.165, 1.54) is 19.3 Å². The predicted molar refractivity (Wildman–Crippen MR) is 112 cm³/mol. The number of hydrogen-bond donors (Lipinski definition) is 1. The monoisotopic (exact) mass is 393 g/mol. The van der Waals surface area contributed by atoms with E-state index in [4.69, 9.17) is 21.3 Å². The van der Waals surface area contributed by atoms with E-state index in [-0.39, 0.29) is 0 Å². The highest BCUT2D eigenvalue weighted by Crippen LogP contribution is 2.30. The molecule has 2 atom stereocenters. The average Bonchev–Trinajstić information content (AvgIpc) is 3.16. The number of amidine groups is 1. The first-order valence-corrected chi connectivity index (χ1v) is 10.3. The number of methoxy groups -OCH3 is 1. The highest BCUT2D eigenvalue weighted by molar-refractivity contribution is 6.32. The number of nitrogens with zero attached hydrogens (tertiary/aromatic N) is 2. The van der Waals surface area contributed by atoms with E-state index in [1.807, 2.05) is 24.3 Å². The first-order chi connectivity index (χ1) is 13.7. The lowest BCUT2D eigenvalue weighted by molar-refractivity contribution is 0.385. The lowest BCUT2D eigenvalue weighted by Crippen LogP contribution is -2.37. The molecular weight excluding hydrogens is 370 g/mol. The van der Waals surface area contributed by atoms with E-state index in [1.54, 1.807) is 13.2 Å². The van der Waals surface area contributed by atoms with Crippen molar-refractivity contribution in [2.45, 2.75) is 50.6 Å². The van der Waals surface area contributed by atoms with Gasteiger partial charge in [-0.2, -0.15) is 5.26 Å². The fourth-order valence-electron chi connectivity index (χ4n) is 4.30. The number of fused-ring (bicyclic) bond motifs is 1. The maximum Gasteiger partial charge on any atom is 0.129 e. The van der Waals surface area contributed by atoms with Crippen molar-refractivity contribution in [1.29, 1.82) is 5.26 Å². The van der Waals surface area contributed by atoms with E-state index in [9.17, 15) is 5.26 Å². The number of benzene rings is 2. The van der Waals surface area contributed by atoms with Gasteiger partial charge in [0.25, 0.3) is 0 Å². The summed E-state index contributed by atoms with van der Waals surface area (Å²) in [7, 11) is 1.66. The van der Waals surface area contributed by atoms with Gasteiger partial charge in [-0.1, -0.05) is 36.6 Å². The van der Waals surface area contributed by atoms with Crippen LogP contribution in [0.15, 0.2) is 41.4 Å². The Kier molecular flexibility index (Phi) is 5.54. The van der Waals surface area contributed by atoms with E-state index in [2.05, 4.69) is 17.5 Å². The Bertz CT molecular complexity index is 947. The maximum atomic E-state index is 9.21. The summed E-state index contributed by atoms with van der Waals surface area (Å²) >= 11 is 6.59. The van der Waals surface area contributed by atoms with Crippen molar-refractivity contribution in [3.05, 3.63) is 63.7 Å². The van der Waals surface area contributed by atoms with E-state index in [0.29, 0.717) is 17.6 Å². The molecule has 5 heteroatoms. The second kappa shape index (κ2) is 8.24. The highest BCUT2D eigenvalue weighted by atomic mass is 35.5. The van der Waals surface area contributed by atoms with Gasteiger partial charge in [-0.05, 0) is 61.1 Å². The Morgan fingerprint density at radius 2 is 2.07 bits per heavy atom. The summed E-state index contributed by atoms with van der Waals surface area (Å²) in [6, 6.07) is 14.6. The van der Waals surface area contributed by atoms with Gasteiger partial charge < -0.3 is 10.1 Å². The van der Waals surface area contributed by atoms with Gasteiger partial charge >= 0.3 is 0 Å². The Labute approximate surface area is 171 Å². The van der Waals surface area contributed by atoms with Crippen molar-refractivity contribution in [1.82, 2.24) is 5.32 Å². The summed E-state index contributed by atoms with van der Waals surface area (Å²) in [5.74, 6) is 1.78. The molecule has 2 aliphatic rings. The summed E-state index contributed by atoms with van der Waals surface area (Å²) in [5, 5.41) is 13.6. The summed E-state index contributed by atoms with van der Waals surface area (Å²) in [5.41, 5.74) is 3.85. The molecule has 1 fully saturated rings. The third kappa shape index (κ3) is 3.72. The van der Waals surface area contributed by atoms with E-state index >= 15 is 0 Å². The molecule has 4 rings (SSSR count). The SMILES string of the molecule is COc1ccc(C#N)cc1CCc1c(Cl)cccc1C1=NC2CCCCC2N1. The molecule has 0 amide bonds. The molecule has 1 aliphatic heterocycles. The summed E-state index contributed by atoms with van der Waals surface area (Å²) in [6.07, 6.45) is 6.39. The number of ether oxygens (including phenoxy) is 1. The fraction of sp³-hybridized carbons (Fsp3) is 0.391. The molecule has 0 bridgehead atoms. The maximum absolute atomic E-state index is 9.21. The molecule has 2 aromatic rings. The number of nitriles is 1. The molecule has 1 aliphatic carbocycles. The number of aryl methyl sites for hydroxylation is 1.